The van der Waals surface area contributed by atoms with Crippen LogP contribution in [0.1, 0.15) is 44.1 Å². The number of phenolic OH excluding ortho intramolecular Hbond substituents is 1. The lowest BCUT2D eigenvalue weighted by Crippen LogP contribution is -2.05. The highest BCUT2D eigenvalue weighted by Crippen LogP contribution is 2.28. The summed E-state index contributed by atoms with van der Waals surface area (Å²) in [4.78, 5) is 0. The van der Waals surface area contributed by atoms with Crippen LogP contribution >= 0.6 is 0 Å². The van der Waals surface area contributed by atoms with Gasteiger partial charge in [0.1, 0.15) is 5.75 Å². The van der Waals surface area contributed by atoms with Crippen molar-refractivity contribution in [2.24, 2.45) is 5.92 Å². The predicted molar refractivity (Wildman–Crippen MR) is 67.4 cm³/mol. The second kappa shape index (κ2) is 5.24. The first-order valence-corrected chi connectivity index (χ1v) is 6.33. The van der Waals surface area contributed by atoms with E-state index < -0.39 is 0 Å². The second-order valence-corrected chi connectivity index (χ2v) is 4.94. The van der Waals surface area contributed by atoms with E-state index in [0.29, 0.717) is 0 Å². The molecule has 1 fully saturated rings. The van der Waals surface area contributed by atoms with E-state index in [2.05, 4.69) is 0 Å². The Morgan fingerprint density at radius 3 is 2.44 bits per heavy atom. The molecule has 0 heterocycles. The van der Waals surface area contributed by atoms with Gasteiger partial charge in [0.15, 0.2) is 0 Å². The van der Waals surface area contributed by atoms with E-state index >= 15 is 0 Å². The molecular formula is C14H21NO. The maximum atomic E-state index is 9.31. The van der Waals surface area contributed by atoms with E-state index in [-0.39, 0.29) is 5.75 Å². The zero-order chi connectivity index (χ0) is 11.4. The number of aromatic hydroxyl groups is 1. The van der Waals surface area contributed by atoms with Gasteiger partial charge in [-0.2, -0.15) is 0 Å². The summed E-state index contributed by atoms with van der Waals surface area (Å²) < 4.78 is 0. The predicted octanol–water partition coefficient (Wildman–Crippen LogP) is 3.49. The molecule has 1 aliphatic carbocycles. The lowest BCUT2D eigenvalue weighted by Gasteiger charge is -2.15. The van der Waals surface area contributed by atoms with Crippen LogP contribution in [0.25, 0.3) is 0 Å². The topological polar surface area (TPSA) is 46.2 Å². The molecule has 0 atom stereocenters. The van der Waals surface area contributed by atoms with Crippen LogP contribution in [0.3, 0.4) is 0 Å². The van der Waals surface area contributed by atoms with Crippen molar-refractivity contribution in [2.75, 3.05) is 5.73 Å². The number of rotatable bonds is 2. The maximum Gasteiger partial charge on any atom is 0.117 e. The molecule has 1 saturated carbocycles. The van der Waals surface area contributed by atoms with Gasteiger partial charge in [0.05, 0.1) is 0 Å². The van der Waals surface area contributed by atoms with Crippen LogP contribution in [0.15, 0.2) is 18.2 Å². The summed E-state index contributed by atoms with van der Waals surface area (Å²) in [5.74, 6) is 1.05. The van der Waals surface area contributed by atoms with E-state index in [1.165, 1.54) is 44.1 Å². The molecule has 2 rings (SSSR count). The molecule has 88 valence electrons. The fourth-order valence-electron chi connectivity index (χ4n) is 2.65. The van der Waals surface area contributed by atoms with Gasteiger partial charge in [0.25, 0.3) is 0 Å². The minimum absolute atomic E-state index is 0.266. The Morgan fingerprint density at radius 2 is 1.81 bits per heavy atom. The summed E-state index contributed by atoms with van der Waals surface area (Å²) in [6, 6.07) is 5.37. The Morgan fingerprint density at radius 1 is 1.12 bits per heavy atom. The Kier molecular flexibility index (Phi) is 3.70. The summed E-state index contributed by atoms with van der Waals surface area (Å²) in [7, 11) is 0. The average Bonchev–Trinajstić information content (AvgIpc) is 2.51. The highest BCUT2D eigenvalue weighted by Gasteiger charge is 2.14. The highest BCUT2D eigenvalue weighted by atomic mass is 16.3. The van der Waals surface area contributed by atoms with E-state index in [1.54, 1.807) is 12.1 Å². The van der Waals surface area contributed by atoms with Gasteiger partial charge in [-0.05, 0) is 24.0 Å². The van der Waals surface area contributed by atoms with E-state index in [4.69, 9.17) is 5.73 Å². The number of nitrogen functional groups attached to an aromatic ring is 1. The van der Waals surface area contributed by atoms with E-state index in [9.17, 15) is 5.11 Å². The second-order valence-electron chi connectivity index (χ2n) is 4.94. The van der Waals surface area contributed by atoms with Crippen LogP contribution < -0.4 is 5.73 Å². The summed E-state index contributed by atoms with van der Waals surface area (Å²) in [6.07, 6.45) is 9.25. The standard InChI is InChI=1S/C14H21NO/c15-14-10-13(16)8-7-12(14)9-11-5-3-1-2-4-6-11/h7-8,10-11,16H,1-6,9,15H2. The zero-order valence-electron chi connectivity index (χ0n) is 9.78. The van der Waals surface area contributed by atoms with Crippen LogP contribution in [0.4, 0.5) is 5.69 Å². The normalized spacial score (nSPS) is 18.2. The van der Waals surface area contributed by atoms with Crippen LogP contribution in [-0.4, -0.2) is 5.11 Å². The molecule has 0 aromatic heterocycles. The molecule has 2 nitrogen and oxygen atoms in total. The SMILES string of the molecule is Nc1cc(O)ccc1CC1CCCCCC1. The van der Waals surface area contributed by atoms with Crippen LogP contribution in [0.2, 0.25) is 0 Å². The van der Waals surface area contributed by atoms with Crippen molar-refractivity contribution in [1.29, 1.82) is 0 Å². The lowest BCUT2D eigenvalue weighted by molar-refractivity contribution is 0.456. The first-order chi connectivity index (χ1) is 7.75. The van der Waals surface area contributed by atoms with Crippen molar-refractivity contribution in [3.05, 3.63) is 23.8 Å². The molecule has 16 heavy (non-hydrogen) atoms. The third kappa shape index (κ3) is 2.91. The maximum absolute atomic E-state index is 9.31. The van der Waals surface area contributed by atoms with Crippen molar-refractivity contribution in [3.8, 4) is 5.75 Å². The van der Waals surface area contributed by atoms with E-state index in [0.717, 1.165) is 18.0 Å². The van der Waals surface area contributed by atoms with Gasteiger partial charge in [-0.1, -0.05) is 44.6 Å². The monoisotopic (exact) mass is 219 g/mol. The molecule has 0 radical (unpaired) electrons. The Balaban J connectivity index is 2.01. The van der Waals surface area contributed by atoms with Gasteiger partial charge >= 0.3 is 0 Å². The molecule has 0 amide bonds. The van der Waals surface area contributed by atoms with Gasteiger partial charge in [-0.15, -0.1) is 0 Å². The number of benzene rings is 1. The summed E-state index contributed by atoms with van der Waals surface area (Å²) >= 11 is 0. The molecule has 1 aliphatic rings. The zero-order valence-corrected chi connectivity index (χ0v) is 9.78. The Bertz CT molecular complexity index is 341. The van der Waals surface area contributed by atoms with Gasteiger partial charge in [0, 0.05) is 11.8 Å². The molecular weight excluding hydrogens is 198 g/mol. The first kappa shape index (κ1) is 11.3. The summed E-state index contributed by atoms with van der Waals surface area (Å²) in [5, 5.41) is 9.31. The third-order valence-corrected chi connectivity index (χ3v) is 3.61. The fourth-order valence-corrected chi connectivity index (χ4v) is 2.65. The largest absolute Gasteiger partial charge is 0.508 e. The van der Waals surface area contributed by atoms with Crippen molar-refractivity contribution >= 4 is 5.69 Å². The number of hydrogen-bond donors (Lipinski definition) is 2. The average molecular weight is 219 g/mol. The Labute approximate surface area is 97.5 Å². The van der Waals surface area contributed by atoms with Gasteiger partial charge in [-0.25, -0.2) is 0 Å². The van der Waals surface area contributed by atoms with Crippen molar-refractivity contribution in [1.82, 2.24) is 0 Å². The van der Waals surface area contributed by atoms with Crippen molar-refractivity contribution in [2.45, 2.75) is 44.9 Å². The van der Waals surface area contributed by atoms with Gasteiger partial charge in [-0.3, -0.25) is 0 Å². The smallest absolute Gasteiger partial charge is 0.117 e. The molecule has 1 aromatic rings. The highest BCUT2D eigenvalue weighted by molar-refractivity contribution is 5.51. The molecule has 0 bridgehead atoms. The third-order valence-electron chi connectivity index (χ3n) is 3.61. The van der Waals surface area contributed by atoms with Gasteiger partial charge < -0.3 is 10.8 Å². The molecule has 1 aromatic carbocycles. The van der Waals surface area contributed by atoms with E-state index in [1.807, 2.05) is 6.07 Å². The van der Waals surface area contributed by atoms with Crippen LogP contribution in [-0.2, 0) is 6.42 Å². The van der Waals surface area contributed by atoms with Crippen LogP contribution in [0, 0.1) is 5.92 Å². The molecule has 0 spiro atoms. The molecule has 2 heteroatoms. The molecule has 0 aliphatic heterocycles. The fraction of sp³-hybridized carbons (Fsp3) is 0.571. The van der Waals surface area contributed by atoms with Gasteiger partial charge in [0.2, 0.25) is 0 Å². The number of nitrogens with two attached hydrogens (primary N) is 1. The minimum Gasteiger partial charge on any atom is -0.508 e. The molecule has 3 N–H and O–H groups in total. The molecule has 0 saturated heterocycles. The number of phenols is 1. The Hall–Kier alpha value is -1.18. The minimum atomic E-state index is 0.266. The van der Waals surface area contributed by atoms with Crippen LogP contribution in [0.5, 0.6) is 5.75 Å². The van der Waals surface area contributed by atoms with Crippen molar-refractivity contribution in [3.63, 3.8) is 0 Å². The number of hydrogen-bond acceptors (Lipinski definition) is 2. The van der Waals surface area contributed by atoms with Crippen molar-refractivity contribution < 1.29 is 5.11 Å². The summed E-state index contributed by atoms with van der Waals surface area (Å²) in [5.41, 5.74) is 7.86. The number of anilines is 1. The first-order valence-electron chi connectivity index (χ1n) is 6.33. The quantitative estimate of drug-likeness (QED) is 0.591. The summed E-state index contributed by atoms with van der Waals surface area (Å²) in [6.45, 7) is 0. The lowest BCUT2D eigenvalue weighted by atomic mass is 9.92. The molecule has 0 unspecified atom stereocenters.